The molecule has 1 saturated carbocycles. The maximum Gasteiger partial charge on any atom is 0.165 e. The maximum atomic E-state index is 13.4. The second-order valence-corrected chi connectivity index (χ2v) is 5.35. The van der Waals surface area contributed by atoms with E-state index in [2.05, 4.69) is 22.9 Å². The quantitative estimate of drug-likeness (QED) is 0.775. The fourth-order valence-electron chi connectivity index (χ4n) is 1.81. The molecule has 1 aliphatic rings. The summed E-state index contributed by atoms with van der Waals surface area (Å²) in [5.74, 6) is -0.0123. The predicted molar refractivity (Wildman–Crippen MR) is 68.2 cm³/mol. The van der Waals surface area contributed by atoms with Gasteiger partial charge in [0.05, 0.1) is 0 Å². The zero-order chi connectivity index (χ0) is 12.3. The van der Waals surface area contributed by atoms with Gasteiger partial charge in [-0.1, -0.05) is 35.0 Å². The summed E-state index contributed by atoms with van der Waals surface area (Å²) < 4.78 is 24.7. The molecule has 94 valence electrons. The van der Waals surface area contributed by atoms with E-state index in [0.29, 0.717) is 17.2 Å². The molecule has 0 spiro atoms. The van der Waals surface area contributed by atoms with Crippen LogP contribution in [0.5, 0.6) is 5.75 Å². The maximum absolute atomic E-state index is 13.4. The van der Waals surface area contributed by atoms with Crippen LogP contribution in [0.3, 0.4) is 0 Å². The zero-order valence-electron chi connectivity index (χ0n) is 9.74. The average Bonchev–Trinajstić information content (AvgIpc) is 2.31. The number of halogens is 2. The summed E-state index contributed by atoms with van der Waals surface area (Å²) in [7, 11) is 0. The van der Waals surface area contributed by atoms with Gasteiger partial charge < -0.3 is 9.47 Å². The number of para-hydroxylation sites is 1. The van der Waals surface area contributed by atoms with Crippen LogP contribution in [0, 0.1) is 5.82 Å². The lowest BCUT2D eigenvalue weighted by atomic mass is 9.91. The fourth-order valence-corrected chi connectivity index (χ4v) is 2.67. The highest BCUT2D eigenvalue weighted by Crippen LogP contribution is 2.34. The Balaban J connectivity index is 1.93. The van der Waals surface area contributed by atoms with Crippen LogP contribution in [0.25, 0.3) is 0 Å². The van der Waals surface area contributed by atoms with Gasteiger partial charge in [0.15, 0.2) is 11.6 Å². The number of ether oxygens (including phenoxy) is 2. The van der Waals surface area contributed by atoms with Crippen molar-refractivity contribution in [1.29, 1.82) is 0 Å². The Kier molecular flexibility index (Phi) is 4.40. The largest absolute Gasteiger partial charge is 0.485 e. The van der Waals surface area contributed by atoms with Crippen molar-refractivity contribution in [2.75, 3.05) is 6.61 Å². The summed E-state index contributed by atoms with van der Waals surface area (Å²) in [5, 5.41) is 0. The topological polar surface area (TPSA) is 18.5 Å². The van der Waals surface area contributed by atoms with E-state index in [0.717, 1.165) is 12.8 Å². The molecular formula is C13H16BrFO2. The molecular weight excluding hydrogens is 287 g/mol. The first-order chi connectivity index (χ1) is 8.22. The van der Waals surface area contributed by atoms with Crippen LogP contribution < -0.4 is 4.74 Å². The Labute approximate surface area is 109 Å². The Hall–Kier alpha value is -0.610. The van der Waals surface area contributed by atoms with Crippen molar-refractivity contribution in [1.82, 2.24) is 0 Å². The number of alkyl halides is 1. The van der Waals surface area contributed by atoms with Gasteiger partial charge in [0.1, 0.15) is 12.2 Å². The van der Waals surface area contributed by atoms with E-state index in [1.54, 1.807) is 18.2 Å². The van der Waals surface area contributed by atoms with Crippen molar-refractivity contribution < 1.29 is 13.9 Å². The molecule has 0 saturated heterocycles. The molecule has 2 nitrogen and oxygen atoms in total. The van der Waals surface area contributed by atoms with E-state index in [9.17, 15) is 4.39 Å². The normalized spacial score (nSPS) is 27.6. The number of hydrogen-bond donors (Lipinski definition) is 0. The van der Waals surface area contributed by atoms with Crippen LogP contribution in [0.1, 0.15) is 19.8 Å². The van der Waals surface area contributed by atoms with Gasteiger partial charge in [-0.05, 0) is 18.6 Å². The molecule has 1 aromatic carbocycles. The highest BCUT2D eigenvalue weighted by Gasteiger charge is 2.42. The second kappa shape index (κ2) is 5.83. The van der Waals surface area contributed by atoms with Crippen LogP contribution >= 0.6 is 15.9 Å². The smallest absolute Gasteiger partial charge is 0.165 e. The van der Waals surface area contributed by atoms with E-state index in [-0.39, 0.29) is 18.0 Å². The van der Waals surface area contributed by atoms with E-state index < -0.39 is 0 Å². The van der Waals surface area contributed by atoms with Crippen molar-refractivity contribution in [2.45, 2.75) is 36.8 Å². The Morgan fingerprint density at radius 2 is 2.18 bits per heavy atom. The van der Waals surface area contributed by atoms with Crippen LogP contribution in [-0.4, -0.2) is 23.6 Å². The van der Waals surface area contributed by atoms with Crippen LogP contribution in [0.15, 0.2) is 24.3 Å². The molecule has 0 heterocycles. The summed E-state index contributed by atoms with van der Waals surface area (Å²) >= 11 is 3.53. The summed E-state index contributed by atoms with van der Waals surface area (Å²) in [4.78, 5) is 0.311. The Bertz CT molecular complexity index is 372. The summed E-state index contributed by atoms with van der Waals surface area (Å²) in [6, 6.07) is 6.47. The first-order valence-electron chi connectivity index (χ1n) is 5.89. The molecule has 0 N–H and O–H groups in total. The van der Waals surface area contributed by atoms with Gasteiger partial charge in [0.25, 0.3) is 0 Å². The first kappa shape index (κ1) is 12.8. The zero-order valence-corrected chi connectivity index (χ0v) is 11.3. The highest BCUT2D eigenvalue weighted by molar-refractivity contribution is 9.09. The van der Waals surface area contributed by atoms with Gasteiger partial charge >= 0.3 is 0 Å². The molecule has 1 aromatic rings. The first-order valence-corrected chi connectivity index (χ1v) is 6.80. The van der Waals surface area contributed by atoms with E-state index >= 15 is 0 Å². The van der Waals surface area contributed by atoms with Crippen LogP contribution in [-0.2, 0) is 4.74 Å². The van der Waals surface area contributed by atoms with Gasteiger partial charge in [0.2, 0.25) is 0 Å². The molecule has 1 aliphatic carbocycles. The van der Waals surface area contributed by atoms with Gasteiger partial charge in [0, 0.05) is 17.9 Å². The van der Waals surface area contributed by atoms with Crippen LogP contribution in [0.2, 0.25) is 0 Å². The lowest BCUT2D eigenvalue weighted by Crippen LogP contribution is -2.52. The Morgan fingerprint density at radius 3 is 2.82 bits per heavy atom. The van der Waals surface area contributed by atoms with Crippen molar-refractivity contribution in [3.63, 3.8) is 0 Å². The van der Waals surface area contributed by atoms with E-state index in [4.69, 9.17) is 9.47 Å². The number of rotatable bonds is 5. The molecule has 3 atom stereocenters. The molecule has 0 radical (unpaired) electrons. The Morgan fingerprint density at radius 1 is 1.41 bits per heavy atom. The van der Waals surface area contributed by atoms with Crippen LogP contribution in [0.4, 0.5) is 4.39 Å². The van der Waals surface area contributed by atoms with Gasteiger partial charge in [-0.3, -0.25) is 0 Å². The van der Waals surface area contributed by atoms with Crippen molar-refractivity contribution in [2.24, 2.45) is 0 Å². The van der Waals surface area contributed by atoms with Gasteiger partial charge in [-0.15, -0.1) is 0 Å². The average molecular weight is 303 g/mol. The minimum Gasteiger partial charge on any atom is -0.485 e. The standard InChI is InChI=1S/C13H16BrFO2/c1-2-7-16-13-9(14)8-12(13)17-11-6-4-3-5-10(11)15/h3-6,9,12-13H,2,7-8H2,1H3. The molecule has 0 bridgehead atoms. The monoisotopic (exact) mass is 302 g/mol. The van der Waals surface area contributed by atoms with E-state index in [1.165, 1.54) is 6.07 Å². The molecule has 0 aliphatic heterocycles. The van der Waals surface area contributed by atoms with Crippen molar-refractivity contribution >= 4 is 15.9 Å². The molecule has 0 aromatic heterocycles. The fraction of sp³-hybridized carbons (Fsp3) is 0.538. The molecule has 17 heavy (non-hydrogen) atoms. The second-order valence-electron chi connectivity index (χ2n) is 4.17. The molecule has 1 fully saturated rings. The van der Waals surface area contributed by atoms with Gasteiger partial charge in [-0.2, -0.15) is 0 Å². The third-order valence-electron chi connectivity index (χ3n) is 2.81. The van der Waals surface area contributed by atoms with Gasteiger partial charge in [-0.25, -0.2) is 4.39 Å². The summed E-state index contributed by atoms with van der Waals surface area (Å²) in [6.45, 7) is 2.78. The number of hydrogen-bond acceptors (Lipinski definition) is 2. The molecule has 3 unspecified atom stereocenters. The molecule has 4 heteroatoms. The summed E-state index contributed by atoms with van der Waals surface area (Å²) in [5.41, 5.74) is 0. The molecule has 0 amide bonds. The predicted octanol–water partition coefficient (Wildman–Crippen LogP) is 3.54. The molecule has 2 rings (SSSR count). The minimum absolute atomic E-state index is 0.0227. The lowest BCUT2D eigenvalue weighted by Gasteiger charge is -2.40. The van der Waals surface area contributed by atoms with Crippen molar-refractivity contribution in [3.8, 4) is 5.75 Å². The summed E-state index contributed by atoms with van der Waals surface area (Å²) in [6.07, 6.45) is 1.79. The lowest BCUT2D eigenvalue weighted by molar-refractivity contribution is -0.0772. The minimum atomic E-state index is -0.320. The number of benzene rings is 1. The third kappa shape index (κ3) is 2.99. The third-order valence-corrected chi connectivity index (χ3v) is 3.70. The highest BCUT2D eigenvalue weighted by atomic mass is 79.9. The van der Waals surface area contributed by atoms with Crippen molar-refractivity contribution in [3.05, 3.63) is 30.1 Å². The SMILES string of the molecule is CCCOC1C(Br)CC1Oc1ccccc1F. The van der Waals surface area contributed by atoms with E-state index in [1.807, 2.05) is 0 Å².